The average Bonchev–Trinajstić information content (AvgIpc) is 2.72. The molecule has 6 heteroatoms. The standard InChI is InChI=1S/C21H18N2O4/c1-24-17-8-7-12(9-18(17)25-2)19-14(10-22)21(23)27-20-13-5-3-4-6-16(13)26-11-15(19)20/h3-9,19H,11,23H2,1-2H3/t19-/m0/s1. The molecule has 0 amide bonds. The summed E-state index contributed by atoms with van der Waals surface area (Å²) < 4.78 is 22.5. The van der Waals surface area contributed by atoms with Gasteiger partial charge in [-0.05, 0) is 29.8 Å². The molecule has 0 bridgehead atoms. The molecule has 2 heterocycles. The number of hydrogen-bond donors (Lipinski definition) is 1. The highest BCUT2D eigenvalue weighted by molar-refractivity contribution is 5.75. The van der Waals surface area contributed by atoms with Crippen molar-refractivity contribution in [2.45, 2.75) is 5.92 Å². The highest BCUT2D eigenvalue weighted by atomic mass is 16.5. The van der Waals surface area contributed by atoms with E-state index < -0.39 is 0 Å². The van der Waals surface area contributed by atoms with Crippen molar-refractivity contribution < 1.29 is 18.9 Å². The Morgan fingerprint density at radius 3 is 2.63 bits per heavy atom. The molecule has 2 aromatic rings. The molecule has 4 rings (SSSR count). The Morgan fingerprint density at radius 1 is 1.11 bits per heavy atom. The minimum atomic E-state index is -0.382. The summed E-state index contributed by atoms with van der Waals surface area (Å²) >= 11 is 0. The largest absolute Gasteiger partial charge is 0.493 e. The van der Waals surface area contributed by atoms with Crippen molar-refractivity contribution in [3.63, 3.8) is 0 Å². The van der Waals surface area contributed by atoms with Crippen molar-refractivity contribution in [3.05, 3.63) is 70.6 Å². The number of allylic oxidation sites excluding steroid dienone is 1. The van der Waals surface area contributed by atoms with Crippen LogP contribution in [0.2, 0.25) is 0 Å². The summed E-state index contributed by atoms with van der Waals surface area (Å²) in [5.74, 6) is 2.29. The van der Waals surface area contributed by atoms with Crippen molar-refractivity contribution in [2.75, 3.05) is 20.8 Å². The molecule has 0 radical (unpaired) electrons. The lowest BCUT2D eigenvalue weighted by Gasteiger charge is -2.33. The number of hydrogen-bond acceptors (Lipinski definition) is 6. The van der Waals surface area contributed by atoms with Gasteiger partial charge in [-0.2, -0.15) is 5.26 Å². The monoisotopic (exact) mass is 362 g/mol. The van der Waals surface area contributed by atoms with Gasteiger partial charge in [-0.15, -0.1) is 0 Å². The van der Waals surface area contributed by atoms with Gasteiger partial charge in [-0.1, -0.05) is 18.2 Å². The first-order valence-electron chi connectivity index (χ1n) is 8.42. The molecule has 2 aliphatic rings. The lowest BCUT2D eigenvalue weighted by molar-refractivity contribution is 0.294. The van der Waals surface area contributed by atoms with Gasteiger partial charge in [0.15, 0.2) is 11.5 Å². The maximum atomic E-state index is 9.72. The number of nitrogens with zero attached hydrogens (tertiary/aromatic N) is 1. The van der Waals surface area contributed by atoms with E-state index in [1.807, 2.05) is 42.5 Å². The van der Waals surface area contributed by atoms with E-state index in [1.165, 1.54) is 0 Å². The van der Waals surface area contributed by atoms with Crippen LogP contribution in [0.25, 0.3) is 5.76 Å². The van der Waals surface area contributed by atoms with E-state index >= 15 is 0 Å². The van der Waals surface area contributed by atoms with E-state index in [1.54, 1.807) is 14.2 Å². The molecule has 2 N–H and O–H groups in total. The second kappa shape index (κ2) is 6.61. The van der Waals surface area contributed by atoms with Gasteiger partial charge in [-0.3, -0.25) is 0 Å². The first-order valence-corrected chi connectivity index (χ1v) is 8.42. The summed E-state index contributed by atoms with van der Waals surface area (Å²) in [7, 11) is 3.16. The van der Waals surface area contributed by atoms with E-state index in [0.717, 1.165) is 22.4 Å². The van der Waals surface area contributed by atoms with Crippen LogP contribution in [0, 0.1) is 11.3 Å². The summed E-state index contributed by atoms with van der Waals surface area (Å²) in [5.41, 5.74) is 8.99. The fourth-order valence-electron chi connectivity index (χ4n) is 3.51. The molecule has 0 aromatic heterocycles. The van der Waals surface area contributed by atoms with Crippen LogP contribution in [-0.4, -0.2) is 20.8 Å². The van der Waals surface area contributed by atoms with Crippen LogP contribution < -0.4 is 19.9 Å². The molecule has 0 unspecified atom stereocenters. The number of methoxy groups -OCH3 is 2. The van der Waals surface area contributed by atoms with Gasteiger partial charge in [0.25, 0.3) is 0 Å². The number of para-hydroxylation sites is 1. The zero-order valence-corrected chi connectivity index (χ0v) is 15.0. The Bertz CT molecular complexity index is 1020. The molecule has 0 saturated heterocycles. The second-order valence-electron chi connectivity index (χ2n) is 6.18. The summed E-state index contributed by atoms with van der Waals surface area (Å²) in [4.78, 5) is 0. The predicted molar refractivity (Wildman–Crippen MR) is 99.1 cm³/mol. The minimum Gasteiger partial charge on any atom is -0.493 e. The van der Waals surface area contributed by atoms with E-state index in [-0.39, 0.29) is 11.8 Å². The molecule has 0 aliphatic carbocycles. The number of nitriles is 1. The zero-order valence-electron chi connectivity index (χ0n) is 15.0. The first kappa shape index (κ1) is 16.9. The lowest BCUT2D eigenvalue weighted by atomic mass is 9.81. The highest BCUT2D eigenvalue weighted by Crippen LogP contribution is 2.47. The molecule has 6 nitrogen and oxygen atoms in total. The predicted octanol–water partition coefficient (Wildman–Crippen LogP) is 3.32. The fraction of sp³-hybridized carbons (Fsp3) is 0.190. The number of nitrogens with two attached hydrogens (primary N) is 1. The maximum absolute atomic E-state index is 9.72. The first-order chi connectivity index (χ1) is 13.2. The van der Waals surface area contributed by atoms with Crippen molar-refractivity contribution in [3.8, 4) is 23.3 Å². The Labute approximate surface area is 157 Å². The number of rotatable bonds is 3. The van der Waals surface area contributed by atoms with Gasteiger partial charge in [0.05, 0.1) is 25.7 Å². The highest BCUT2D eigenvalue weighted by Gasteiger charge is 2.37. The third-order valence-corrected chi connectivity index (χ3v) is 4.78. The summed E-state index contributed by atoms with van der Waals surface area (Å²) in [5, 5.41) is 9.72. The normalized spacial score (nSPS) is 17.9. The van der Waals surface area contributed by atoms with Gasteiger partial charge in [0, 0.05) is 5.57 Å². The van der Waals surface area contributed by atoms with Gasteiger partial charge < -0.3 is 24.7 Å². The van der Waals surface area contributed by atoms with E-state index in [2.05, 4.69) is 6.07 Å². The van der Waals surface area contributed by atoms with Crippen molar-refractivity contribution in [1.82, 2.24) is 0 Å². The Hall–Kier alpha value is -3.59. The number of ether oxygens (including phenoxy) is 4. The molecule has 2 aromatic carbocycles. The minimum absolute atomic E-state index is 0.104. The molecule has 0 saturated carbocycles. The lowest BCUT2D eigenvalue weighted by Crippen LogP contribution is -2.26. The van der Waals surface area contributed by atoms with E-state index in [4.69, 9.17) is 24.7 Å². The van der Waals surface area contributed by atoms with E-state index in [9.17, 15) is 5.26 Å². The SMILES string of the molecule is COc1ccc([C@H]2C(C#N)=C(N)OC3=C2COc2ccccc23)cc1OC. The van der Waals surface area contributed by atoms with Crippen LogP contribution in [0.15, 0.2) is 59.5 Å². The van der Waals surface area contributed by atoms with Crippen LogP contribution in [0.1, 0.15) is 17.0 Å². The van der Waals surface area contributed by atoms with Gasteiger partial charge in [-0.25, -0.2) is 0 Å². The van der Waals surface area contributed by atoms with Crippen molar-refractivity contribution >= 4 is 5.76 Å². The smallest absolute Gasteiger partial charge is 0.205 e. The Morgan fingerprint density at radius 2 is 1.89 bits per heavy atom. The summed E-state index contributed by atoms with van der Waals surface area (Å²) in [6, 6.07) is 15.4. The summed E-state index contributed by atoms with van der Waals surface area (Å²) in [6.07, 6.45) is 0. The van der Waals surface area contributed by atoms with Crippen LogP contribution in [0.4, 0.5) is 0 Å². The molecule has 2 aliphatic heterocycles. The van der Waals surface area contributed by atoms with Gasteiger partial charge in [0.1, 0.15) is 29.8 Å². The number of benzene rings is 2. The molecular formula is C21H18N2O4. The van der Waals surface area contributed by atoms with E-state index in [0.29, 0.717) is 29.4 Å². The second-order valence-corrected chi connectivity index (χ2v) is 6.18. The summed E-state index contributed by atoms with van der Waals surface area (Å²) in [6.45, 7) is 0.309. The fourth-order valence-corrected chi connectivity index (χ4v) is 3.51. The van der Waals surface area contributed by atoms with Crippen LogP contribution in [0.5, 0.6) is 17.2 Å². The third kappa shape index (κ3) is 2.64. The van der Waals surface area contributed by atoms with Gasteiger partial charge >= 0.3 is 0 Å². The molecule has 0 spiro atoms. The van der Waals surface area contributed by atoms with Crippen LogP contribution in [-0.2, 0) is 4.74 Å². The molecule has 0 fully saturated rings. The van der Waals surface area contributed by atoms with Gasteiger partial charge in [0.2, 0.25) is 5.88 Å². The molecule has 27 heavy (non-hydrogen) atoms. The molecule has 136 valence electrons. The maximum Gasteiger partial charge on any atom is 0.205 e. The topological polar surface area (TPSA) is 86.7 Å². The van der Waals surface area contributed by atoms with Crippen LogP contribution >= 0.6 is 0 Å². The molecule has 1 atom stereocenters. The quantitative estimate of drug-likeness (QED) is 0.901. The Kier molecular flexibility index (Phi) is 4.13. The zero-order chi connectivity index (χ0) is 19.0. The molecular weight excluding hydrogens is 344 g/mol. The number of fused-ring (bicyclic) bond motifs is 2. The van der Waals surface area contributed by atoms with Crippen LogP contribution in [0.3, 0.4) is 0 Å². The third-order valence-electron chi connectivity index (χ3n) is 4.78. The Balaban J connectivity index is 1.90. The van der Waals surface area contributed by atoms with Crippen molar-refractivity contribution in [2.24, 2.45) is 5.73 Å². The average molecular weight is 362 g/mol. The van der Waals surface area contributed by atoms with Crippen molar-refractivity contribution in [1.29, 1.82) is 5.26 Å².